The molecule has 13 heteroatoms. The molecule has 0 spiro atoms. The van der Waals surface area contributed by atoms with Crippen LogP contribution in [0.2, 0.25) is 5.15 Å². The standard InChI is InChI=1S/C19H15ClF5N5O2/c1-7-15(17(20)30-29-7)28-18(31)10-5-12(22)9(16-11(21)3-4-14(26)27-16)6-13(10)32-8(2)19(23,24)25/h3-6,8H,1-2H3,(H2,26,27)(H,28,31)(H,29,30)/t8-/m0/s1. The first kappa shape index (κ1) is 23.3. The van der Waals surface area contributed by atoms with Crippen molar-refractivity contribution in [2.45, 2.75) is 26.1 Å². The smallest absolute Gasteiger partial charge is 0.425 e. The number of anilines is 2. The van der Waals surface area contributed by atoms with Crippen molar-refractivity contribution < 1.29 is 31.5 Å². The maximum atomic E-state index is 14.8. The Kier molecular flexibility index (Phi) is 6.26. The summed E-state index contributed by atoms with van der Waals surface area (Å²) in [6.07, 6.45) is -7.17. The molecule has 0 radical (unpaired) electrons. The molecule has 1 aromatic carbocycles. The van der Waals surface area contributed by atoms with E-state index in [1.165, 1.54) is 6.92 Å². The molecular weight excluding hydrogens is 461 g/mol. The number of ether oxygens (including phenoxy) is 1. The van der Waals surface area contributed by atoms with Gasteiger partial charge in [-0.3, -0.25) is 9.89 Å². The van der Waals surface area contributed by atoms with Crippen LogP contribution in [0.15, 0.2) is 24.3 Å². The van der Waals surface area contributed by atoms with Crippen LogP contribution < -0.4 is 15.8 Å². The second-order valence-electron chi connectivity index (χ2n) is 6.66. The van der Waals surface area contributed by atoms with E-state index < -0.39 is 52.4 Å². The number of aromatic nitrogens is 3. The summed E-state index contributed by atoms with van der Waals surface area (Å²) in [7, 11) is 0. The van der Waals surface area contributed by atoms with Gasteiger partial charge in [-0.25, -0.2) is 13.8 Å². The molecule has 3 rings (SSSR count). The van der Waals surface area contributed by atoms with Crippen LogP contribution in [0.25, 0.3) is 11.3 Å². The number of rotatable bonds is 5. The second kappa shape index (κ2) is 8.61. The van der Waals surface area contributed by atoms with Crippen LogP contribution in [-0.2, 0) is 0 Å². The van der Waals surface area contributed by atoms with Crippen LogP contribution in [0.4, 0.5) is 33.5 Å². The summed E-state index contributed by atoms with van der Waals surface area (Å²) in [4.78, 5) is 16.4. The molecule has 32 heavy (non-hydrogen) atoms. The van der Waals surface area contributed by atoms with E-state index in [4.69, 9.17) is 22.1 Å². The summed E-state index contributed by atoms with van der Waals surface area (Å²) in [6.45, 7) is 2.22. The summed E-state index contributed by atoms with van der Waals surface area (Å²) < 4.78 is 73.2. The maximum absolute atomic E-state index is 14.8. The van der Waals surface area contributed by atoms with Crippen molar-refractivity contribution in [3.63, 3.8) is 0 Å². The Morgan fingerprint density at radius 3 is 2.53 bits per heavy atom. The lowest BCUT2D eigenvalue weighted by Gasteiger charge is -2.20. The van der Waals surface area contributed by atoms with Crippen molar-refractivity contribution in [3.8, 4) is 17.0 Å². The number of nitrogens with zero attached hydrogens (tertiary/aromatic N) is 2. The maximum Gasteiger partial charge on any atom is 0.425 e. The molecule has 0 fully saturated rings. The fourth-order valence-corrected chi connectivity index (χ4v) is 2.87. The Balaban J connectivity index is 2.12. The third kappa shape index (κ3) is 4.74. The number of pyridine rings is 1. The number of aromatic amines is 1. The van der Waals surface area contributed by atoms with Crippen molar-refractivity contribution in [3.05, 3.63) is 52.3 Å². The summed E-state index contributed by atoms with van der Waals surface area (Å²) in [6, 6.07) is 3.40. The Bertz CT molecular complexity index is 1160. The molecule has 0 aliphatic carbocycles. The van der Waals surface area contributed by atoms with Crippen molar-refractivity contribution in [1.82, 2.24) is 15.2 Å². The monoisotopic (exact) mass is 475 g/mol. The molecule has 7 nitrogen and oxygen atoms in total. The highest BCUT2D eigenvalue weighted by atomic mass is 35.5. The van der Waals surface area contributed by atoms with Crippen LogP contribution in [0.5, 0.6) is 5.75 Å². The summed E-state index contributed by atoms with van der Waals surface area (Å²) in [5.74, 6) is -3.98. The molecule has 3 aromatic rings. The average molecular weight is 476 g/mol. The van der Waals surface area contributed by atoms with Crippen LogP contribution in [0.3, 0.4) is 0 Å². The normalized spacial score (nSPS) is 12.5. The molecule has 1 amide bonds. The number of alkyl halides is 3. The van der Waals surface area contributed by atoms with Gasteiger partial charge in [0.05, 0.1) is 11.3 Å². The summed E-state index contributed by atoms with van der Waals surface area (Å²) >= 11 is 5.86. The minimum Gasteiger partial charge on any atom is -0.480 e. The topological polar surface area (TPSA) is 106 Å². The molecular formula is C19H15ClF5N5O2. The number of aryl methyl sites for hydroxylation is 1. The van der Waals surface area contributed by atoms with Gasteiger partial charge in [0.15, 0.2) is 11.3 Å². The van der Waals surface area contributed by atoms with Crippen LogP contribution in [0.1, 0.15) is 23.0 Å². The molecule has 0 unspecified atom stereocenters. The fraction of sp³-hybridized carbons (Fsp3) is 0.211. The third-order valence-electron chi connectivity index (χ3n) is 4.34. The Labute approximate surface area is 182 Å². The van der Waals surface area contributed by atoms with Gasteiger partial charge in [0, 0.05) is 5.56 Å². The molecule has 1 atom stereocenters. The Morgan fingerprint density at radius 1 is 1.25 bits per heavy atom. The van der Waals surface area contributed by atoms with Crippen LogP contribution >= 0.6 is 11.6 Å². The van der Waals surface area contributed by atoms with Crippen LogP contribution in [-0.4, -0.2) is 33.4 Å². The highest BCUT2D eigenvalue weighted by molar-refractivity contribution is 6.33. The lowest BCUT2D eigenvalue weighted by molar-refractivity contribution is -0.189. The third-order valence-corrected chi connectivity index (χ3v) is 4.62. The van der Waals surface area contributed by atoms with Gasteiger partial charge in [-0.05, 0) is 38.1 Å². The fourth-order valence-electron chi connectivity index (χ4n) is 2.64. The van der Waals surface area contributed by atoms with Gasteiger partial charge in [-0.2, -0.15) is 18.3 Å². The van der Waals surface area contributed by atoms with Gasteiger partial charge in [0.25, 0.3) is 5.91 Å². The predicted molar refractivity (Wildman–Crippen MR) is 106 cm³/mol. The molecule has 0 saturated heterocycles. The number of halogens is 6. The van der Waals surface area contributed by atoms with Crippen molar-refractivity contribution in [2.75, 3.05) is 11.1 Å². The molecule has 4 N–H and O–H groups in total. The molecule has 170 valence electrons. The first-order chi connectivity index (χ1) is 14.9. The van der Waals surface area contributed by atoms with E-state index in [9.17, 15) is 26.7 Å². The number of H-pyrrole nitrogens is 1. The Hall–Kier alpha value is -3.41. The highest BCUT2D eigenvalue weighted by Crippen LogP contribution is 2.35. The van der Waals surface area contributed by atoms with E-state index >= 15 is 0 Å². The number of hydrogen-bond donors (Lipinski definition) is 3. The second-order valence-corrected chi connectivity index (χ2v) is 7.02. The van der Waals surface area contributed by atoms with E-state index in [2.05, 4.69) is 20.5 Å². The number of nitrogens with one attached hydrogen (secondary N) is 2. The zero-order valence-corrected chi connectivity index (χ0v) is 17.2. The largest absolute Gasteiger partial charge is 0.480 e. The number of carbonyl (C=O) groups excluding carboxylic acids is 1. The van der Waals surface area contributed by atoms with Crippen molar-refractivity contribution >= 4 is 29.0 Å². The van der Waals surface area contributed by atoms with E-state index in [-0.39, 0.29) is 16.7 Å². The molecule has 0 bridgehead atoms. The van der Waals surface area contributed by atoms with Gasteiger partial charge < -0.3 is 15.8 Å². The zero-order valence-electron chi connectivity index (χ0n) is 16.4. The number of hydrogen-bond acceptors (Lipinski definition) is 5. The first-order valence-electron chi connectivity index (χ1n) is 8.89. The first-order valence-corrected chi connectivity index (χ1v) is 9.27. The summed E-state index contributed by atoms with van der Waals surface area (Å²) in [5.41, 5.74) is 4.19. The molecule has 0 aliphatic rings. The number of benzene rings is 1. The van der Waals surface area contributed by atoms with E-state index in [0.29, 0.717) is 18.7 Å². The zero-order chi connectivity index (χ0) is 23.8. The number of nitrogen functional groups attached to an aromatic ring is 1. The lowest BCUT2D eigenvalue weighted by Crippen LogP contribution is -2.32. The number of nitrogens with two attached hydrogens (primary N) is 1. The van der Waals surface area contributed by atoms with E-state index in [1.54, 1.807) is 0 Å². The number of amides is 1. The highest BCUT2D eigenvalue weighted by Gasteiger charge is 2.39. The minimum absolute atomic E-state index is 0.0412. The van der Waals surface area contributed by atoms with Gasteiger partial charge in [-0.1, -0.05) is 11.6 Å². The quantitative estimate of drug-likeness (QED) is 0.456. The lowest BCUT2D eigenvalue weighted by atomic mass is 10.0. The van der Waals surface area contributed by atoms with Crippen LogP contribution in [0, 0.1) is 18.6 Å². The average Bonchev–Trinajstić information content (AvgIpc) is 3.02. The van der Waals surface area contributed by atoms with Crippen molar-refractivity contribution in [2.24, 2.45) is 0 Å². The van der Waals surface area contributed by atoms with Gasteiger partial charge in [0.1, 0.15) is 34.6 Å². The van der Waals surface area contributed by atoms with Gasteiger partial charge >= 0.3 is 6.18 Å². The molecule has 2 heterocycles. The van der Waals surface area contributed by atoms with Gasteiger partial charge in [-0.15, -0.1) is 0 Å². The van der Waals surface area contributed by atoms with E-state index in [1.807, 2.05) is 0 Å². The minimum atomic E-state index is -4.80. The molecule has 0 saturated carbocycles. The number of carbonyl (C=O) groups is 1. The van der Waals surface area contributed by atoms with E-state index in [0.717, 1.165) is 18.2 Å². The Morgan fingerprint density at radius 2 is 1.94 bits per heavy atom. The predicted octanol–water partition coefficient (Wildman–Crippen LogP) is 4.88. The SMILES string of the molecule is Cc1[nH]nc(Cl)c1NC(=O)c1cc(F)c(-c2nc(N)ccc2F)cc1O[C@@H](C)C(F)(F)F. The van der Waals surface area contributed by atoms with Crippen molar-refractivity contribution in [1.29, 1.82) is 0 Å². The summed E-state index contributed by atoms with van der Waals surface area (Å²) in [5, 5.41) is 8.38. The molecule has 2 aromatic heterocycles. The molecule has 0 aliphatic heterocycles. The van der Waals surface area contributed by atoms with Gasteiger partial charge in [0.2, 0.25) is 0 Å².